The fraction of sp³-hybridized carbons (Fsp3) is 0.897. The SMILES string of the molecule is C=CCO.CC1C(=O)CCC2(C)C1CCC1(C)C2CCC2C3CCCC3(CO)CC[C@]21C. The zero-order valence-corrected chi connectivity index (χ0v) is 21.2. The van der Waals surface area contributed by atoms with Gasteiger partial charge in [-0.05, 0) is 103 Å². The molecule has 5 aliphatic rings. The van der Waals surface area contributed by atoms with E-state index in [1.165, 1.54) is 63.9 Å². The Hall–Kier alpha value is -0.670. The molecule has 3 nitrogen and oxygen atoms in total. The third-order valence-corrected chi connectivity index (χ3v) is 12.3. The second-order valence-corrected chi connectivity index (χ2v) is 13.0. The molecule has 0 aromatic heterocycles. The Bertz CT molecular complexity index is 732. The second-order valence-electron chi connectivity index (χ2n) is 13.0. The lowest BCUT2D eigenvalue weighted by atomic mass is 9.33. The molecule has 0 heterocycles. The molecule has 5 aliphatic carbocycles. The molecule has 3 heteroatoms. The van der Waals surface area contributed by atoms with E-state index in [-0.39, 0.29) is 17.9 Å². The normalized spacial score (nSPS) is 51.9. The maximum atomic E-state index is 12.5. The van der Waals surface area contributed by atoms with Crippen molar-refractivity contribution in [3.63, 3.8) is 0 Å². The van der Waals surface area contributed by atoms with Crippen LogP contribution in [0.25, 0.3) is 0 Å². The molecule has 2 N–H and O–H groups in total. The summed E-state index contributed by atoms with van der Waals surface area (Å²) in [5.41, 5.74) is 1.43. The first kappa shape index (κ1) is 24.5. The van der Waals surface area contributed by atoms with E-state index in [9.17, 15) is 9.90 Å². The van der Waals surface area contributed by atoms with Crippen molar-refractivity contribution < 1.29 is 15.0 Å². The molecule has 32 heavy (non-hydrogen) atoms. The van der Waals surface area contributed by atoms with Gasteiger partial charge in [-0.15, -0.1) is 6.58 Å². The van der Waals surface area contributed by atoms with Gasteiger partial charge in [0.2, 0.25) is 0 Å². The van der Waals surface area contributed by atoms with Gasteiger partial charge in [0.05, 0.1) is 6.61 Å². The molecule has 5 fully saturated rings. The molecule has 0 saturated heterocycles. The van der Waals surface area contributed by atoms with Crippen LogP contribution in [0.2, 0.25) is 0 Å². The van der Waals surface area contributed by atoms with E-state index in [4.69, 9.17) is 5.11 Å². The lowest BCUT2D eigenvalue weighted by Crippen LogP contribution is -2.65. The van der Waals surface area contributed by atoms with Gasteiger partial charge in [-0.25, -0.2) is 0 Å². The number of hydrogen-bond acceptors (Lipinski definition) is 3. The summed E-state index contributed by atoms with van der Waals surface area (Å²) in [5.74, 6) is 3.75. The fourth-order valence-corrected chi connectivity index (χ4v) is 10.4. The Labute approximate surface area is 196 Å². The van der Waals surface area contributed by atoms with E-state index in [2.05, 4.69) is 34.3 Å². The van der Waals surface area contributed by atoms with Crippen LogP contribution in [0, 0.1) is 51.2 Å². The van der Waals surface area contributed by atoms with Gasteiger partial charge in [-0.3, -0.25) is 4.79 Å². The molecular formula is C29H48O3. The number of aliphatic hydroxyl groups is 2. The van der Waals surface area contributed by atoms with E-state index in [1.807, 2.05) is 0 Å². The molecule has 8 unspecified atom stereocenters. The number of aliphatic hydroxyl groups excluding tert-OH is 2. The van der Waals surface area contributed by atoms with Crippen LogP contribution >= 0.6 is 0 Å². The maximum Gasteiger partial charge on any atom is 0.136 e. The summed E-state index contributed by atoms with van der Waals surface area (Å²) in [6.45, 7) is 13.9. The third-order valence-electron chi connectivity index (χ3n) is 12.3. The van der Waals surface area contributed by atoms with Gasteiger partial charge in [-0.1, -0.05) is 40.2 Å². The van der Waals surface area contributed by atoms with Gasteiger partial charge in [0.25, 0.3) is 0 Å². The molecule has 0 radical (unpaired) electrons. The lowest BCUT2D eigenvalue weighted by molar-refractivity contribution is -0.227. The lowest BCUT2D eigenvalue weighted by Gasteiger charge is -2.71. The number of carbonyl (C=O) groups excluding carboxylic acids is 1. The maximum absolute atomic E-state index is 12.5. The van der Waals surface area contributed by atoms with Gasteiger partial charge in [0.15, 0.2) is 0 Å². The topological polar surface area (TPSA) is 57.5 Å². The van der Waals surface area contributed by atoms with Crippen LogP contribution in [-0.4, -0.2) is 29.2 Å². The van der Waals surface area contributed by atoms with Crippen molar-refractivity contribution in [3.8, 4) is 0 Å². The van der Waals surface area contributed by atoms with Crippen LogP contribution in [0.15, 0.2) is 12.7 Å². The van der Waals surface area contributed by atoms with Crippen LogP contribution < -0.4 is 0 Å². The molecule has 9 atom stereocenters. The Morgan fingerprint density at radius 1 is 0.906 bits per heavy atom. The first-order valence-corrected chi connectivity index (χ1v) is 13.5. The molecule has 0 aliphatic heterocycles. The predicted molar refractivity (Wildman–Crippen MR) is 130 cm³/mol. The largest absolute Gasteiger partial charge is 0.396 e. The van der Waals surface area contributed by atoms with Crippen LogP contribution in [0.4, 0.5) is 0 Å². The van der Waals surface area contributed by atoms with Crippen molar-refractivity contribution in [1.82, 2.24) is 0 Å². The summed E-state index contributed by atoms with van der Waals surface area (Å²) in [5, 5.41) is 18.1. The summed E-state index contributed by atoms with van der Waals surface area (Å²) >= 11 is 0. The van der Waals surface area contributed by atoms with E-state index in [1.54, 1.807) is 0 Å². The van der Waals surface area contributed by atoms with Crippen molar-refractivity contribution in [2.24, 2.45) is 51.2 Å². The average molecular weight is 445 g/mol. The summed E-state index contributed by atoms with van der Waals surface area (Å²) in [6, 6.07) is 0. The molecule has 0 amide bonds. The summed E-state index contributed by atoms with van der Waals surface area (Å²) < 4.78 is 0. The molecule has 0 bridgehead atoms. The van der Waals surface area contributed by atoms with E-state index >= 15 is 0 Å². The highest BCUT2D eigenvalue weighted by Gasteiger charge is 2.68. The zero-order valence-electron chi connectivity index (χ0n) is 21.2. The minimum Gasteiger partial charge on any atom is -0.396 e. The Balaban J connectivity index is 0.000000567. The number of carbonyl (C=O) groups is 1. The number of Topliss-reactive ketones (excluding diaryl/α,β-unsaturated/α-hetero) is 1. The van der Waals surface area contributed by atoms with E-state index in [0.29, 0.717) is 34.6 Å². The summed E-state index contributed by atoms with van der Waals surface area (Å²) in [7, 11) is 0. The monoisotopic (exact) mass is 444 g/mol. The average Bonchev–Trinajstić information content (AvgIpc) is 3.22. The quantitative estimate of drug-likeness (QED) is 0.500. The Kier molecular flexibility index (Phi) is 6.51. The first-order chi connectivity index (χ1) is 15.1. The molecular weight excluding hydrogens is 396 g/mol. The van der Waals surface area contributed by atoms with Crippen molar-refractivity contribution in [2.75, 3.05) is 13.2 Å². The number of ketones is 1. The number of hydrogen-bond donors (Lipinski definition) is 2. The van der Waals surface area contributed by atoms with Crippen molar-refractivity contribution >= 4 is 5.78 Å². The standard InChI is InChI=1S/C26H42O2.C3H6O/c1-17-18-9-13-25(4)22(23(18,2)12-10-21(17)28)8-7-19-20-6-5-11-26(20,16-27)15-14-24(19,25)3;1-2-3-4/h17-20,22,27H,5-16H2,1-4H3;2,4H,1,3H2/t17?,18?,19?,20?,22?,23?,24-,25?,26?;/m1./s1. The van der Waals surface area contributed by atoms with Crippen LogP contribution in [0.1, 0.15) is 98.3 Å². The zero-order chi connectivity index (χ0) is 23.4. The van der Waals surface area contributed by atoms with E-state index < -0.39 is 0 Å². The Morgan fingerprint density at radius 2 is 1.62 bits per heavy atom. The van der Waals surface area contributed by atoms with Crippen LogP contribution in [0.5, 0.6) is 0 Å². The predicted octanol–water partition coefficient (Wildman–Crippen LogP) is 6.18. The fourth-order valence-electron chi connectivity index (χ4n) is 10.4. The van der Waals surface area contributed by atoms with Crippen LogP contribution in [-0.2, 0) is 4.79 Å². The van der Waals surface area contributed by atoms with Gasteiger partial charge in [0, 0.05) is 18.9 Å². The summed E-state index contributed by atoms with van der Waals surface area (Å²) in [4.78, 5) is 12.5. The van der Waals surface area contributed by atoms with Gasteiger partial charge < -0.3 is 10.2 Å². The van der Waals surface area contributed by atoms with Crippen molar-refractivity contribution in [1.29, 1.82) is 0 Å². The molecule has 0 aromatic rings. The minimum absolute atomic E-state index is 0.0833. The van der Waals surface area contributed by atoms with Gasteiger partial charge in [-0.2, -0.15) is 0 Å². The highest BCUT2D eigenvalue weighted by atomic mass is 16.3. The van der Waals surface area contributed by atoms with Gasteiger partial charge >= 0.3 is 0 Å². The smallest absolute Gasteiger partial charge is 0.136 e. The van der Waals surface area contributed by atoms with Crippen LogP contribution in [0.3, 0.4) is 0 Å². The number of fused-ring (bicyclic) bond motifs is 7. The van der Waals surface area contributed by atoms with E-state index in [0.717, 1.165) is 30.6 Å². The highest BCUT2D eigenvalue weighted by molar-refractivity contribution is 5.82. The highest BCUT2D eigenvalue weighted by Crippen LogP contribution is 2.75. The second kappa shape index (κ2) is 8.52. The Morgan fingerprint density at radius 3 is 2.28 bits per heavy atom. The third kappa shape index (κ3) is 3.23. The molecule has 5 rings (SSSR count). The summed E-state index contributed by atoms with van der Waals surface area (Å²) in [6.07, 6.45) is 15.2. The van der Waals surface area contributed by atoms with Crippen molar-refractivity contribution in [3.05, 3.63) is 12.7 Å². The number of rotatable bonds is 2. The molecule has 182 valence electrons. The molecule has 0 spiro atoms. The molecule has 5 saturated carbocycles. The van der Waals surface area contributed by atoms with Crippen molar-refractivity contribution in [2.45, 2.75) is 98.3 Å². The molecule has 0 aromatic carbocycles. The van der Waals surface area contributed by atoms with Gasteiger partial charge in [0.1, 0.15) is 5.78 Å². The minimum atomic E-state index is 0.0833. The first-order valence-electron chi connectivity index (χ1n) is 13.5.